The smallest absolute Gasteiger partial charge is 0.379 e. The first-order valence-electron chi connectivity index (χ1n) is 10.1. The van der Waals surface area contributed by atoms with E-state index in [-0.39, 0.29) is 0 Å². The minimum absolute atomic E-state index is 0.330. The van der Waals surface area contributed by atoms with Crippen molar-refractivity contribution in [2.45, 2.75) is 32.0 Å². The van der Waals surface area contributed by atoms with E-state index in [1.165, 1.54) is 12.7 Å². The van der Waals surface area contributed by atoms with E-state index in [9.17, 15) is 9.59 Å². The summed E-state index contributed by atoms with van der Waals surface area (Å²) in [6.07, 6.45) is 1.64. The van der Waals surface area contributed by atoms with Crippen LogP contribution < -0.4 is 4.74 Å². The average Bonchev–Trinajstić information content (AvgIpc) is 3.11. The molecule has 1 aromatic heterocycles. The molecule has 1 aliphatic rings. The van der Waals surface area contributed by atoms with Crippen LogP contribution in [0.25, 0.3) is 10.9 Å². The third-order valence-electron chi connectivity index (χ3n) is 5.98. The molecule has 6 heteroatoms. The van der Waals surface area contributed by atoms with Crippen molar-refractivity contribution in [1.82, 2.24) is 9.47 Å². The van der Waals surface area contributed by atoms with Crippen molar-refractivity contribution < 1.29 is 19.1 Å². The van der Waals surface area contributed by atoms with Gasteiger partial charge in [-0.05, 0) is 43.7 Å². The number of rotatable bonds is 6. The van der Waals surface area contributed by atoms with E-state index in [1.54, 1.807) is 7.11 Å². The zero-order valence-corrected chi connectivity index (χ0v) is 17.6. The van der Waals surface area contributed by atoms with E-state index in [0.29, 0.717) is 17.4 Å². The third kappa shape index (κ3) is 3.59. The summed E-state index contributed by atoms with van der Waals surface area (Å²) in [7, 11) is 4.96. The highest BCUT2D eigenvalue weighted by Gasteiger charge is 2.32. The lowest BCUT2D eigenvalue weighted by molar-refractivity contribution is -0.135. The van der Waals surface area contributed by atoms with E-state index in [4.69, 9.17) is 9.47 Å². The molecule has 4 rings (SSSR count). The van der Waals surface area contributed by atoms with E-state index in [0.717, 1.165) is 42.5 Å². The van der Waals surface area contributed by atoms with Crippen LogP contribution in [0.2, 0.25) is 0 Å². The fraction of sp³-hybridized carbons (Fsp3) is 0.333. The number of hydrogen-bond donors (Lipinski definition) is 0. The summed E-state index contributed by atoms with van der Waals surface area (Å²) in [6.45, 7) is 1.62. The highest BCUT2D eigenvalue weighted by atomic mass is 16.5. The molecule has 2 aromatic carbocycles. The Labute approximate surface area is 176 Å². The fourth-order valence-electron chi connectivity index (χ4n) is 4.40. The summed E-state index contributed by atoms with van der Waals surface area (Å²) in [4.78, 5) is 27.2. The molecule has 1 unspecified atom stereocenters. The van der Waals surface area contributed by atoms with Gasteiger partial charge in [-0.25, -0.2) is 4.79 Å². The second-order valence-corrected chi connectivity index (χ2v) is 7.73. The second kappa shape index (κ2) is 8.32. The monoisotopic (exact) mass is 406 g/mol. The quantitative estimate of drug-likeness (QED) is 0.356. The van der Waals surface area contributed by atoms with Crippen molar-refractivity contribution in [3.63, 3.8) is 0 Å². The van der Waals surface area contributed by atoms with E-state index in [2.05, 4.69) is 40.8 Å². The van der Waals surface area contributed by atoms with Crippen molar-refractivity contribution in [3.8, 4) is 5.75 Å². The van der Waals surface area contributed by atoms with Gasteiger partial charge in [0.25, 0.3) is 5.78 Å². The van der Waals surface area contributed by atoms with Gasteiger partial charge in [0, 0.05) is 35.7 Å². The molecule has 0 aliphatic carbocycles. The molecular formula is C24H26N2O4. The summed E-state index contributed by atoms with van der Waals surface area (Å²) in [6, 6.07) is 16.4. The molecule has 156 valence electrons. The van der Waals surface area contributed by atoms with E-state index in [1.807, 2.05) is 24.3 Å². The number of nitrogens with zero attached hydrogens (tertiary/aromatic N) is 2. The molecule has 2 heterocycles. The zero-order valence-electron chi connectivity index (χ0n) is 17.6. The lowest BCUT2D eigenvalue weighted by atomic mass is 9.98. The number of Topliss-reactive ketones (excluding diaryl/α,β-unsaturated/α-hetero) is 1. The average molecular weight is 406 g/mol. The molecule has 0 spiro atoms. The Kier molecular flexibility index (Phi) is 5.59. The van der Waals surface area contributed by atoms with Gasteiger partial charge in [-0.1, -0.05) is 30.3 Å². The maximum absolute atomic E-state index is 12.8. The van der Waals surface area contributed by atoms with E-state index < -0.39 is 11.8 Å². The predicted molar refractivity (Wildman–Crippen MR) is 115 cm³/mol. The molecule has 0 saturated heterocycles. The summed E-state index contributed by atoms with van der Waals surface area (Å²) in [5, 5.41) is 0.742. The molecule has 0 amide bonds. The number of methoxy groups -OCH3 is 2. The zero-order chi connectivity index (χ0) is 21.3. The lowest BCUT2D eigenvalue weighted by Gasteiger charge is -2.33. The van der Waals surface area contributed by atoms with Crippen LogP contribution in [0, 0.1) is 0 Å². The number of ether oxygens (including phenoxy) is 2. The molecule has 6 nitrogen and oxygen atoms in total. The highest BCUT2D eigenvalue weighted by molar-refractivity contribution is 6.43. The fourth-order valence-corrected chi connectivity index (χ4v) is 4.40. The highest BCUT2D eigenvalue weighted by Crippen LogP contribution is 2.34. The number of carbonyl (C=O) groups is 2. The van der Waals surface area contributed by atoms with Crippen LogP contribution in [0.15, 0.2) is 48.5 Å². The number of hydrogen-bond acceptors (Lipinski definition) is 5. The summed E-state index contributed by atoms with van der Waals surface area (Å²) >= 11 is 0. The van der Waals surface area contributed by atoms with Gasteiger partial charge >= 0.3 is 5.97 Å². The Bertz CT molecular complexity index is 1090. The SMILES string of the molecule is COC(=O)C(=O)c1c2n(c3ccc(OC)cc13)CC(N(C)Cc1ccccc1)CC2. The first-order valence-corrected chi connectivity index (χ1v) is 10.1. The largest absolute Gasteiger partial charge is 0.497 e. The van der Waals surface area contributed by atoms with E-state index >= 15 is 0 Å². The first kappa shape index (κ1) is 20.2. The van der Waals surface area contributed by atoms with Gasteiger partial charge in [-0.2, -0.15) is 0 Å². The van der Waals surface area contributed by atoms with Crippen LogP contribution in [0.1, 0.15) is 28.0 Å². The van der Waals surface area contributed by atoms with Crippen molar-refractivity contribution in [2.75, 3.05) is 21.3 Å². The standard InChI is InChI=1S/C24H26N2O4/c1-25(14-16-7-5-4-6-8-16)17-9-11-21-22(23(27)24(28)30-3)19-13-18(29-2)10-12-20(19)26(21)15-17/h4-8,10,12-13,17H,9,11,14-15H2,1-3H3. The number of likely N-dealkylation sites (N-methyl/N-ethyl adjacent to an activating group) is 1. The van der Waals surface area contributed by atoms with Gasteiger partial charge in [0.1, 0.15) is 5.75 Å². The maximum atomic E-state index is 12.8. The number of benzene rings is 2. The topological polar surface area (TPSA) is 60.8 Å². The lowest BCUT2D eigenvalue weighted by Crippen LogP contribution is -2.38. The van der Waals surface area contributed by atoms with Crippen LogP contribution in [0.3, 0.4) is 0 Å². The second-order valence-electron chi connectivity index (χ2n) is 7.73. The number of aromatic nitrogens is 1. The Hall–Kier alpha value is -3.12. The Balaban J connectivity index is 1.71. The minimum Gasteiger partial charge on any atom is -0.497 e. The first-order chi connectivity index (χ1) is 14.5. The van der Waals surface area contributed by atoms with Crippen molar-refractivity contribution >= 4 is 22.7 Å². The summed E-state index contributed by atoms with van der Waals surface area (Å²) in [5.41, 5.74) is 3.56. The van der Waals surface area contributed by atoms with Crippen molar-refractivity contribution in [3.05, 3.63) is 65.4 Å². The molecule has 0 N–H and O–H groups in total. The Morgan fingerprint density at radius 3 is 2.60 bits per heavy atom. The van der Waals surface area contributed by atoms with Gasteiger partial charge in [-0.3, -0.25) is 9.69 Å². The number of ketones is 1. The molecule has 0 saturated carbocycles. The maximum Gasteiger partial charge on any atom is 0.379 e. The molecule has 0 fully saturated rings. The van der Waals surface area contributed by atoms with Gasteiger partial charge < -0.3 is 14.0 Å². The number of esters is 1. The van der Waals surface area contributed by atoms with Gasteiger partial charge in [0.2, 0.25) is 0 Å². The molecule has 30 heavy (non-hydrogen) atoms. The molecule has 1 aliphatic heterocycles. The van der Waals surface area contributed by atoms with Gasteiger partial charge in [0.15, 0.2) is 0 Å². The number of carbonyl (C=O) groups excluding carboxylic acids is 2. The molecular weight excluding hydrogens is 380 g/mol. The molecule has 3 aromatic rings. The van der Waals surface area contributed by atoms with Crippen LogP contribution >= 0.6 is 0 Å². The molecule has 0 bridgehead atoms. The summed E-state index contributed by atoms with van der Waals surface area (Å²) in [5.74, 6) is -0.779. The van der Waals surface area contributed by atoms with Crippen LogP contribution in [-0.4, -0.2) is 48.5 Å². The minimum atomic E-state index is -0.837. The van der Waals surface area contributed by atoms with Crippen LogP contribution in [-0.2, 0) is 29.0 Å². The van der Waals surface area contributed by atoms with Crippen molar-refractivity contribution in [2.24, 2.45) is 0 Å². The van der Waals surface area contributed by atoms with Crippen LogP contribution in [0.5, 0.6) is 5.75 Å². The molecule has 0 radical (unpaired) electrons. The Morgan fingerprint density at radius 2 is 1.90 bits per heavy atom. The number of fused-ring (bicyclic) bond motifs is 3. The van der Waals surface area contributed by atoms with Gasteiger partial charge in [0.05, 0.1) is 19.8 Å². The molecule has 1 atom stereocenters. The third-order valence-corrected chi connectivity index (χ3v) is 5.98. The summed E-state index contributed by atoms with van der Waals surface area (Å²) < 4.78 is 12.3. The Morgan fingerprint density at radius 1 is 1.13 bits per heavy atom. The van der Waals surface area contributed by atoms with Crippen molar-refractivity contribution in [1.29, 1.82) is 0 Å². The normalized spacial score (nSPS) is 15.8. The van der Waals surface area contributed by atoms with Crippen LogP contribution in [0.4, 0.5) is 0 Å². The van der Waals surface area contributed by atoms with Gasteiger partial charge in [-0.15, -0.1) is 0 Å². The predicted octanol–water partition coefficient (Wildman–Crippen LogP) is 3.45.